The van der Waals surface area contributed by atoms with Crippen LogP contribution < -0.4 is 10.8 Å². The lowest BCUT2D eigenvalue weighted by atomic mass is 10.1. The zero-order chi connectivity index (χ0) is 36.0. The van der Waals surface area contributed by atoms with E-state index in [2.05, 4.69) is 37.0 Å². The highest BCUT2D eigenvalue weighted by Crippen LogP contribution is 2.50. The number of anilines is 1. The molecule has 18 heteroatoms. The quantitative estimate of drug-likeness (QED) is 0.0857. The molecule has 1 amide bonds. The van der Waals surface area contributed by atoms with Crippen molar-refractivity contribution in [2.45, 2.75) is 71.2 Å². The summed E-state index contributed by atoms with van der Waals surface area (Å²) in [6.45, 7) is 12.4. The number of nitrogens with one attached hydrogen (secondary N) is 2. The number of hydroxylamine groups is 1. The summed E-state index contributed by atoms with van der Waals surface area (Å²) in [5.41, 5.74) is 3.98. The van der Waals surface area contributed by atoms with E-state index >= 15 is 0 Å². The Labute approximate surface area is 294 Å². The van der Waals surface area contributed by atoms with Gasteiger partial charge in [-0.05, 0) is 58.9 Å². The van der Waals surface area contributed by atoms with Crippen LogP contribution in [0, 0.1) is 0 Å². The minimum atomic E-state index is -3.17. The van der Waals surface area contributed by atoms with E-state index in [-0.39, 0.29) is 60.5 Å². The number of carbonyl (C=O) groups is 1. The average Bonchev–Trinajstić information content (AvgIpc) is 3.66. The van der Waals surface area contributed by atoms with E-state index in [4.69, 9.17) is 32.2 Å². The summed E-state index contributed by atoms with van der Waals surface area (Å²) in [5.74, 6) is -0.276. The van der Waals surface area contributed by atoms with E-state index < -0.39 is 42.9 Å². The Morgan fingerprint density at radius 3 is 2.55 bits per heavy atom. The highest BCUT2D eigenvalue weighted by atomic mass is 32.2. The summed E-state index contributed by atoms with van der Waals surface area (Å²) in [6.07, 6.45) is 0.872. The molecule has 1 aromatic carbocycles. The summed E-state index contributed by atoms with van der Waals surface area (Å²) in [5, 5.41) is 2.88. The van der Waals surface area contributed by atoms with Crippen molar-refractivity contribution >= 4 is 58.6 Å². The monoisotopic (exact) mass is 735 g/mol. The number of ether oxygens (including phenoxy) is 2. The molecule has 2 aliphatic rings. The fourth-order valence-electron chi connectivity index (χ4n) is 5.52. The van der Waals surface area contributed by atoms with Gasteiger partial charge in [0.15, 0.2) is 39.2 Å². The van der Waals surface area contributed by atoms with Gasteiger partial charge in [0, 0.05) is 38.7 Å². The van der Waals surface area contributed by atoms with Gasteiger partial charge in [0.2, 0.25) is 0 Å². The fraction of sp³-hybridized carbons (Fsp3) is 0.516. The van der Waals surface area contributed by atoms with Gasteiger partial charge >= 0.3 is 0 Å². The molecule has 2 aromatic heterocycles. The van der Waals surface area contributed by atoms with E-state index in [0.717, 1.165) is 0 Å². The third kappa shape index (κ3) is 8.78. The van der Waals surface area contributed by atoms with Crippen molar-refractivity contribution in [2.75, 3.05) is 36.5 Å². The van der Waals surface area contributed by atoms with Crippen molar-refractivity contribution in [2.24, 2.45) is 0 Å². The number of rotatable bonds is 13. The first-order valence-electron chi connectivity index (χ1n) is 16.5. The molecule has 2 N–H and O–H groups in total. The number of amides is 1. The normalized spacial score (nSPS) is 23.2. The molecule has 4 heterocycles. The second kappa shape index (κ2) is 16.2. The van der Waals surface area contributed by atoms with Crippen molar-refractivity contribution in [1.29, 1.82) is 0 Å². The fourth-order valence-corrected chi connectivity index (χ4v) is 8.67. The van der Waals surface area contributed by atoms with E-state index in [0.29, 0.717) is 23.3 Å². The van der Waals surface area contributed by atoms with Gasteiger partial charge in [0.05, 0.1) is 23.9 Å². The van der Waals surface area contributed by atoms with Crippen LogP contribution >= 0.6 is 20.7 Å². The zero-order valence-electron chi connectivity index (χ0n) is 28.8. The first-order chi connectivity index (χ1) is 23.9. The van der Waals surface area contributed by atoms with E-state index in [1.165, 1.54) is 12.7 Å². The number of fused-ring (bicyclic) bond motifs is 1. The number of imidazole rings is 1. The zero-order valence-corrected chi connectivity index (χ0v) is 30.4. The highest BCUT2D eigenvalue weighted by Gasteiger charge is 2.50. The molecule has 5 rings (SSSR count). The van der Waals surface area contributed by atoms with Gasteiger partial charge in [-0.25, -0.2) is 32.7 Å². The Bertz CT molecular complexity index is 1730. The van der Waals surface area contributed by atoms with Crippen LogP contribution in [-0.4, -0.2) is 110 Å². The molecule has 2 aliphatic heterocycles. The standard InChI is InChI=1S/C31H43N8O7PS2/c1-7-13-35-46-47(39(20(2)3)21(4)5)45-25-22(6)43-30(26(25)44-31(48)37-14-16-49(41,42)17-15-37)38-19-34-24-27(32-18-33-28(24)38)36-29(40)23-11-9-8-10-12-23/h7-12,18-22,25-26,30,35H,1,13-17H2,2-6H3,(H,32,33,36,40)/t22-,25+,26?,30-,47?/m1/s1/i6D. The van der Waals surface area contributed by atoms with Crippen molar-refractivity contribution in [1.82, 2.24) is 34.6 Å². The summed E-state index contributed by atoms with van der Waals surface area (Å²) >= 11 is 5.73. The van der Waals surface area contributed by atoms with E-state index in [1.54, 1.807) is 39.8 Å². The molecular formula is C31H43N8O7PS2. The summed E-state index contributed by atoms with van der Waals surface area (Å²) in [7, 11) is -4.96. The molecular weight excluding hydrogens is 691 g/mol. The molecule has 2 saturated heterocycles. The van der Waals surface area contributed by atoms with Gasteiger partial charge in [0.1, 0.15) is 12.4 Å². The van der Waals surface area contributed by atoms with Crippen LogP contribution in [0.1, 0.15) is 52.6 Å². The summed E-state index contributed by atoms with van der Waals surface area (Å²) in [4.78, 5) is 28.0. The molecule has 0 saturated carbocycles. The number of nitrogens with zero attached hydrogens (tertiary/aromatic N) is 6. The van der Waals surface area contributed by atoms with Gasteiger partial charge in [-0.3, -0.25) is 9.36 Å². The number of benzene rings is 1. The molecule has 0 aliphatic carbocycles. The molecule has 0 radical (unpaired) electrons. The third-order valence-corrected chi connectivity index (χ3v) is 11.8. The van der Waals surface area contributed by atoms with Crippen molar-refractivity contribution in [3.05, 3.63) is 61.2 Å². The van der Waals surface area contributed by atoms with Gasteiger partial charge in [-0.2, -0.15) is 5.48 Å². The molecule has 15 nitrogen and oxygen atoms in total. The van der Waals surface area contributed by atoms with Crippen LogP contribution in [0.4, 0.5) is 5.82 Å². The van der Waals surface area contributed by atoms with E-state index in [1.807, 2.05) is 33.8 Å². The molecule has 0 bridgehead atoms. The van der Waals surface area contributed by atoms with Crippen molar-refractivity contribution < 1.29 is 33.2 Å². The topological polar surface area (TPSA) is 162 Å². The first kappa shape index (κ1) is 35.7. The SMILES string of the molecule is [2H]C[C@H]1O[C@@H](n2cnc3c(NC(=O)c4ccccc4)ncnc32)C(OC(=S)N2CCS(=O)(=O)CC2)[C@H]1OP(ONCC=C)N(C(C)C)C(C)C. The maximum absolute atomic E-state index is 13.0. The average molecular weight is 736 g/mol. The van der Waals surface area contributed by atoms with E-state index in [9.17, 15) is 13.2 Å². The van der Waals surface area contributed by atoms with Gasteiger partial charge < -0.3 is 24.2 Å². The first-order valence-corrected chi connectivity index (χ1v) is 19.2. The summed E-state index contributed by atoms with van der Waals surface area (Å²) in [6, 6.07) is 8.76. The second-order valence-corrected chi connectivity index (χ2v) is 16.0. The van der Waals surface area contributed by atoms with Crippen molar-refractivity contribution in [3.63, 3.8) is 0 Å². The Morgan fingerprint density at radius 2 is 1.90 bits per heavy atom. The molecule has 3 aromatic rings. The molecule has 2 unspecified atom stereocenters. The molecule has 49 heavy (non-hydrogen) atoms. The van der Waals surface area contributed by atoms with Gasteiger partial charge in [0.25, 0.3) is 19.6 Å². The maximum Gasteiger partial charge on any atom is 0.277 e. The lowest BCUT2D eigenvalue weighted by Gasteiger charge is -2.38. The number of thiocarbonyl (C=S) groups is 1. The van der Waals surface area contributed by atoms with Crippen LogP contribution in [0.25, 0.3) is 11.2 Å². The van der Waals surface area contributed by atoms with Gasteiger partial charge in [-0.1, -0.05) is 24.3 Å². The number of carbonyl (C=O) groups excluding carboxylic acids is 1. The lowest BCUT2D eigenvalue weighted by Crippen LogP contribution is -2.47. The second-order valence-electron chi connectivity index (χ2n) is 12.0. The van der Waals surface area contributed by atoms with Gasteiger partial charge in [-0.15, -0.1) is 6.58 Å². The number of hydrogen-bond acceptors (Lipinski definition) is 13. The smallest absolute Gasteiger partial charge is 0.277 e. The molecule has 5 atom stereocenters. The molecule has 266 valence electrons. The largest absolute Gasteiger partial charge is 0.460 e. The van der Waals surface area contributed by atoms with Crippen LogP contribution in [0.3, 0.4) is 0 Å². The predicted molar refractivity (Wildman–Crippen MR) is 190 cm³/mol. The minimum Gasteiger partial charge on any atom is -0.460 e. The third-order valence-electron chi connectivity index (χ3n) is 7.85. The Balaban J connectivity index is 1.51. The number of aromatic nitrogens is 4. The van der Waals surface area contributed by atoms with Crippen LogP contribution in [0.2, 0.25) is 0 Å². The Morgan fingerprint density at radius 1 is 1.18 bits per heavy atom. The number of hydrogen-bond donors (Lipinski definition) is 2. The van der Waals surface area contributed by atoms with Crippen LogP contribution in [-0.2, 0) is 28.5 Å². The molecule has 0 spiro atoms. The molecule has 2 fully saturated rings. The highest BCUT2D eigenvalue weighted by molar-refractivity contribution is 7.91. The summed E-state index contributed by atoms with van der Waals surface area (Å²) < 4.78 is 62.3. The van der Waals surface area contributed by atoms with Crippen LogP contribution in [0.5, 0.6) is 0 Å². The lowest BCUT2D eigenvalue weighted by molar-refractivity contribution is -0.0285. The Kier molecular flexibility index (Phi) is 11.8. The maximum atomic E-state index is 13.0. The Hall–Kier alpha value is -3.15. The van der Waals surface area contributed by atoms with Crippen LogP contribution in [0.15, 0.2) is 55.6 Å². The minimum absolute atomic E-state index is 0.0220. The predicted octanol–water partition coefficient (Wildman–Crippen LogP) is 3.83. The van der Waals surface area contributed by atoms with Crippen molar-refractivity contribution in [3.8, 4) is 0 Å². The number of sulfone groups is 1.